The van der Waals surface area contributed by atoms with E-state index in [4.69, 9.17) is 21.6 Å². The molecule has 4 heteroatoms. The summed E-state index contributed by atoms with van der Waals surface area (Å²) in [5, 5.41) is 11.5. The minimum atomic E-state index is 0.389. The Morgan fingerprint density at radius 2 is 2.16 bits per heavy atom. The van der Waals surface area contributed by atoms with Gasteiger partial charge in [-0.1, -0.05) is 18.5 Å². The summed E-state index contributed by atoms with van der Waals surface area (Å²) in [5.74, 6) is 2.16. The first-order chi connectivity index (χ1) is 9.13. The summed E-state index contributed by atoms with van der Waals surface area (Å²) < 4.78 is 5.73. The lowest BCUT2D eigenvalue weighted by atomic mass is 9.92. The molecule has 0 saturated carbocycles. The molecule has 0 aromatic heterocycles. The third kappa shape index (κ3) is 4.63. The van der Waals surface area contributed by atoms with Crippen molar-refractivity contribution >= 4 is 23.4 Å². The van der Waals surface area contributed by atoms with Crippen LogP contribution in [0.25, 0.3) is 0 Å². The maximum absolute atomic E-state index is 8.61. The molecule has 1 aromatic carbocycles. The van der Waals surface area contributed by atoms with Crippen LogP contribution < -0.4 is 4.74 Å². The van der Waals surface area contributed by atoms with E-state index in [1.54, 1.807) is 0 Å². The van der Waals surface area contributed by atoms with Crippen LogP contribution in [0, 0.1) is 17.6 Å². The average Bonchev–Trinajstić information content (AvgIpc) is 2.40. The van der Waals surface area contributed by atoms with E-state index in [2.05, 4.69) is 12.3 Å². The molecule has 0 spiro atoms. The first-order valence-electron chi connectivity index (χ1n) is 6.57. The van der Waals surface area contributed by atoms with Crippen LogP contribution in [-0.2, 0) is 0 Å². The van der Waals surface area contributed by atoms with Gasteiger partial charge in [-0.3, -0.25) is 0 Å². The van der Waals surface area contributed by atoms with Crippen LogP contribution in [0.15, 0.2) is 12.1 Å². The van der Waals surface area contributed by atoms with Gasteiger partial charge in [0.15, 0.2) is 0 Å². The monoisotopic (exact) mass is 297 g/mol. The van der Waals surface area contributed by atoms with Gasteiger partial charge >= 0.3 is 0 Å². The van der Waals surface area contributed by atoms with Crippen molar-refractivity contribution in [3.63, 3.8) is 0 Å². The number of nitrogens with zero attached hydrogens (tertiary/aromatic N) is 1. The highest BCUT2D eigenvalue weighted by atomic mass is 35.5. The third-order valence-corrected chi connectivity index (χ3v) is 4.13. The number of aryl methyl sites for hydroxylation is 1. The molecule has 1 rings (SSSR count). The van der Waals surface area contributed by atoms with E-state index in [0.29, 0.717) is 12.5 Å². The number of benzene rings is 1. The second-order valence-electron chi connectivity index (χ2n) is 4.41. The van der Waals surface area contributed by atoms with Crippen LogP contribution in [0.3, 0.4) is 0 Å². The molecule has 104 valence electrons. The van der Waals surface area contributed by atoms with Crippen LogP contribution in [-0.4, -0.2) is 12.4 Å². The van der Waals surface area contributed by atoms with Crippen LogP contribution in [0.2, 0.25) is 5.02 Å². The highest BCUT2D eigenvalue weighted by molar-refractivity contribution is 8.03. The zero-order chi connectivity index (χ0) is 14.3. The van der Waals surface area contributed by atoms with Crippen molar-refractivity contribution in [2.24, 2.45) is 0 Å². The fourth-order valence-electron chi connectivity index (χ4n) is 2.10. The molecule has 0 aliphatic rings. The standard InChI is InChI=1S/C15H20ClNOS/c1-4-12(6-7-19-10-17)13-9-14(16)11(3)8-15(13)18-5-2/h8-9,12H,4-7H2,1-3H3. The molecular formula is C15H20ClNOS. The number of nitriles is 1. The Hall–Kier alpha value is -0.850. The van der Waals surface area contributed by atoms with E-state index in [9.17, 15) is 0 Å². The number of thioether (sulfide) groups is 1. The molecule has 2 nitrogen and oxygen atoms in total. The lowest BCUT2D eigenvalue weighted by Gasteiger charge is -2.20. The summed E-state index contributed by atoms with van der Waals surface area (Å²) in [4.78, 5) is 0. The first-order valence-corrected chi connectivity index (χ1v) is 7.94. The Morgan fingerprint density at radius 1 is 1.42 bits per heavy atom. The van der Waals surface area contributed by atoms with Gasteiger partial charge in [-0.25, -0.2) is 0 Å². The number of hydrogen-bond donors (Lipinski definition) is 0. The van der Waals surface area contributed by atoms with E-state index in [1.165, 1.54) is 17.3 Å². The van der Waals surface area contributed by atoms with Gasteiger partial charge in [0.05, 0.1) is 6.61 Å². The first kappa shape index (κ1) is 16.2. The fourth-order valence-corrected chi connectivity index (χ4v) is 2.76. The van der Waals surface area contributed by atoms with Crippen LogP contribution in [0.4, 0.5) is 0 Å². The van der Waals surface area contributed by atoms with E-state index < -0.39 is 0 Å². The average molecular weight is 298 g/mol. The summed E-state index contributed by atoms with van der Waals surface area (Å²) in [6, 6.07) is 4.04. The lowest BCUT2D eigenvalue weighted by Crippen LogP contribution is -2.04. The van der Waals surface area contributed by atoms with Crippen molar-refractivity contribution in [1.82, 2.24) is 0 Å². The molecule has 0 fully saturated rings. The molecule has 0 aliphatic carbocycles. The summed E-state index contributed by atoms with van der Waals surface area (Å²) in [5.41, 5.74) is 2.20. The van der Waals surface area contributed by atoms with Gasteiger partial charge in [-0.05, 0) is 67.6 Å². The zero-order valence-electron chi connectivity index (χ0n) is 11.7. The van der Waals surface area contributed by atoms with Crippen molar-refractivity contribution in [1.29, 1.82) is 5.26 Å². The summed E-state index contributed by atoms with van der Waals surface area (Å²) in [7, 11) is 0. The van der Waals surface area contributed by atoms with Gasteiger partial charge in [0, 0.05) is 10.8 Å². The Kier molecular flexibility index (Phi) is 7.12. The van der Waals surface area contributed by atoms with Gasteiger partial charge in [0.1, 0.15) is 11.2 Å². The van der Waals surface area contributed by atoms with Gasteiger partial charge in [-0.15, -0.1) is 0 Å². The Bertz CT molecular complexity index is 456. The fraction of sp³-hybridized carbons (Fsp3) is 0.533. The molecule has 0 amide bonds. The number of hydrogen-bond acceptors (Lipinski definition) is 3. The molecule has 0 heterocycles. The maximum Gasteiger partial charge on any atom is 0.133 e. The summed E-state index contributed by atoms with van der Waals surface area (Å²) in [6.07, 6.45) is 1.99. The quantitative estimate of drug-likeness (QED) is 0.516. The van der Waals surface area contributed by atoms with Crippen LogP contribution >= 0.6 is 23.4 Å². The predicted octanol–water partition coefficient (Wildman–Crippen LogP) is 5.15. The highest BCUT2D eigenvalue weighted by Gasteiger charge is 2.16. The number of thiocyanates is 1. The van der Waals surface area contributed by atoms with Gasteiger partial charge < -0.3 is 4.74 Å². The largest absolute Gasteiger partial charge is 0.494 e. The van der Waals surface area contributed by atoms with E-state index in [1.807, 2.05) is 26.0 Å². The lowest BCUT2D eigenvalue weighted by molar-refractivity contribution is 0.333. The SMILES string of the molecule is CCOc1cc(C)c(Cl)cc1C(CC)CCSC#N. The number of halogens is 1. The van der Waals surface area contributed by atoms with Crippen molar-refractivity contribution in [3.05, 3.63) is 28.3 Å². The van der Waals surface area contributed by atoms with Crippen LogP contribution in [0.1, 0.15) is 43.7 Å². The smallest absolute Gasteiger partial charge is 0.133 e. The van der Waals surface area contributed by atoms with Crippen molar-refractivity contribution in [2.75, 3.05) is 12.4 Å². The Labute approximate surface area is 125 Å². The van der Waals surface area contributed by atoms with E-state index >= 15 is 0 Å². The predicted molar refractivity (Wildman–Crippen MR) is 83.1 cm³/mol. The highest BCUT2D eigenvalue weighted by Crippen LogP contribution is 2.36. The van der Waals surface area contributed by atoms with Gasteiger partial charge in [0.25, 0.3) is 0 Å². The topological polar surface area (TPSA) is 33.0 Å². The number of rotatable bonds is 7. The minimum absolute atomic E-state index is 0.389. The normalized spacial score (nSPS) is 11.9. The Morgan fingerprint density at radius 3 is 2.74 bits per heavy atom. The molecule has 0 bridgehead atoms. The molecule has 0 aliphatic heterocycles. The maximum atomic E-state index is 8.61. The minimum Gasteiger partial charge on any atom is -0.494 e. The summed E-state index contributed by atoms with van der Waals surface area (Å²) in [6.45, 7) is 6.78. The Balaban J connectivity index is 3.00. The molecule has 1 aromatic rings. The molecule has 19 heavy (non-hydrogen) atoms. The van der Waals surface area contributed by atoms with Crippen LogP contribution in [0.5, 0.6) is 5.75 Å². The van der Waals surface area contributed by atoms with E-state index in [0.717, 1.165) is 34.9 Å². The second-order valence-corrected chi connectivity index (χ2v) is 5.69. The second kappa shape index (κ2) is 8.35. The molecule has 0 saturated heterocycles. The molecular weight excluding hydrogens is 278 g/mol. The van der Waals surface area contributed by atoms with Crippen molar-refractivity contribution in [2.45, 2.75) is 39.5 Å². The summed E-state index contributed by atoms with van der Waals surface area (Å²) >= 11 is 7.54. The van der Waals surface area contributed by atoms with Crippen molar-refractivity contribution in [3.8, 4) is 11.2 Å². The molecule has 0 N–H and O–H groups in total. The third-order valence-electron chi connectivity index (χ3n) is 3.16. The van der Waals surface area contributed by atoms with E-state index in [-0.39, 0.29) is 0 Å². The molecule has 1 unspecified atom stereocenters. The number of ether oxygens (including phenoxy) is 1. The van der Waals surface area contributed by atoms with Gasteiger partial charge in [-0.2, -0.15) is 5.26 Å². The van der Waals surface area contributed by atoms with Crippen molar-refractivity contribution < 1.29 is 4.74 Å². The molecule has 0 radical (unpaired) electrons. The van der Waals surface area contributed by atoms with Gasteiger partial charge in [0.2, 0.25) is 0 Å². The molecule has 1 atom stereocenters. The zero-order valence-corrected chi connectivity index (χ0v) is 13.3.